The Hall–Kier alpha value is 2.96. The van der Waals surface area contributed by atoms with Crippen molar-refractivity contribution >= 4 is 139 Å². The second-order valence-electron chi connectivity index (χ2n) is 3.55. The van der Waals surface area contributed by atoms with Crippen molar-refractivity contribution in [3.05, 3.63) is 20.1 Å². The fourth-order valence-corrected chi connectivity index (χ4v) is 4.84. The van der Waals surface area contributed by atoms with Gasteiger partial charge in [0.05, 0.1) is 20.1 Å². The highest BCUT2D eigenvalue weighted by atomic mass is 35.6. The highest BCUT2D eigenvalue weighted by Gasteiger charge is 2.71. The minimum atomic E-state index is -2.41. The predicted octanol–water partition coefficient (Wildman–Crippen LogP) is 8.07. The summed E-state index contributed by atoms with van der Waals surface area (Å²) in [5.74, 6) is 0. The minimum Gasteiger partial charge on any atom is -0.0943 e. The summed E-state index contributed by atoms with van der Waals surface area (Å²) >= 11 is 72.0. The molecule has 0 radical (unpaired) electrons. The zero-order chi connectivity index (χ0) is 16.3. The molecule has 1 aliphatic carbocycles. The fourth-order valence-electron chi connectivity index (χ4n) is 1.14. The summed E-state index contributed by atoms with van der Waals surface area (Å²) in [5, 5.41) is -1.62. The molecular weight excluding hydrogens is 522 g/mol. The maximum atomic E-state index is 6.06. The van der Waals surface area contributed by atoms with Crippen LogP contribution in [0.15, 0.2) is 20.1 Å². The van der Waals surface area contributed by atoms with Gasteiger partial charge in [-0.2, -0.15) is 0 Å². The van der Waals surface area contributed by atoms with Gasteiger partial charge in [0.1, 0.15) is 0 Å². The lowest BCUT2D eigenvalue weighted by molar-refractivity contribution is 0.603. The average Bonchev–Trinajstić information content (AvgIpc) is 2.33. The molecule has 20 heavy (non-hydrogen) atoms. The van der Waals surface area contributed by atoms with Gasteiger partial charge >= 0.3 is 0 Å². The van der Waals surface area contributed by atoms with E-state index >= 15 is 0 Å². The van der Waals surface area contributed by atoms with Gasteiger partial charge < -0.3 is 0 Å². The van der Waals surface area contributed by atoms with Gasteiger partial charge in [-0.1, -0.05) is 139 Å². The predicted molar refractivity (Wildman–Crippen MR) is 95.2 cm³/mol. The van der Waals surface area contributed by atoms with Crippen LogP contribution in [0, 0.1) is 0 Å². The number of alkyl halides is 8. The third kappa shape index (κ3) is 2.87. The maximum absolute atomic E-state index is 6.06. The van der Waals surface area contributed by atoms with Crippen LogP contribution in [0.5, 0.6) is 0 Å². The first-order chi connectivity index (χ1) is 8.64. The molecule has 1 aliphatic rings. The van der Waals surface area contributed by atoms with Crippen molar-refractivity contribution in [2.24, 2.45) is 0 Å². The molecule has 0 aromatic carbocycles. The monoisotopic (exact) mass is 516 g/mol. The number of allylic oxidation sites excluding steroid dienone is 4. The van der Waals surface area contributed by atoms with Crippen molar-refractivity contribution in [2.75, 3.05) is 0 Å². The molecule has 0 amide bonds. The Kier molecular flexibility index (Phi) is 6.67. The maximum Gasteiger partial charge on any atom is 0.192 e. The molecule has 116 valence electrons. The number of rotatable bonds is 0. The van der Waals surface area contributed by atoms with Crippen molar-refractivity contribution in [3.8, 4) is 0 Å². The summed E-state index contributed by atoms with van der Waals surface area (Å²) in [4.78, 5) is 0. The number of hydrogen-bond donors (Lipinski definition) is 0. The van der Waals surface area contributed by atoms with Gasteiger partial charge in [-0.05, 0) is 0 Å². The third-order valence-corrected chi connectivity index (χ3v) is 10.0. The van der Waals surface area contributed by atoms with Crippen molar-refractivity contribution in [2.45, 2.75) is 17.3 Å². The van der Waals surface area contributed by atoms with E-state index in [9.17, 15) is 0 Å². The lowest BCUT2D eigenvalue weighted by Crippen LogP contribution is -2.59. The summed E-state index contributed by atoms with van der Waals surface area (Å²) in [7, 11) is 0. The molecule has 0 heterocycles. The number of halogens is 12. The minimum absolute atomic E-state index is 0.358. The number of hydrogen-bond acceptors (Lipinski definition) is 0. The Morgan fingerprint density at radius 1 is 0.450 bits per heavy atom. The molecule has 0 nitrogen and oxygen atoms in total. The first-order valence-electron chi connectivity index (χ1n) is 4.27. The highest BCUT2D eigenvalue weighted by molar-refractivity contribution is 6.77. The summed E-state index contributed by atoms with van der Waals surface area (Å²) in [5.41, 5.74) is 0. The molecule has 12 heteroatoms. The molecule has 0 aromatic rings. The summed E-state index contributed by atoms with van der Waals surface area (Å²) in [6.45, 7) is 0. The normalized spacial score (nSPS) is 35.4. The van der Waals surface area contributed by atoms with E-state index in [-0.39, 0.29) is 10.1 Å². The zero-order valence-electron chi connectivity index (χ0n) is 8.54. The van der Waals surface area contributed by atoms with Crippen LogP contribution in [-0.2, 0) is 0 Å². The van der Waals surface area contributed by atoms with E-state index in [1.54, 1.807) is 0 Å². The third-order valence-electron chi connectivity index (χ3n) is 2.31. The Labute approximate surface area is 175 Å². The van der Waals surface area contributed by atoms with Gasteiger partial charge in [0.2, 0.25) is 0 Å². The molecule has 0 saturated carbocycles. The van der Waals surface area contributed by atoms with E-state index < -0.39 is 27.4 Å². The second kappa shape index (κ2) is 6.36. The average molecular weight is 522 g/mol. The van der Waals surface area contributed by atoms with Gasteiger partial charge in [-0.15, -0.1) is 0 Å². The lowest BCUT2D eigenvalue weighted by atomic mass is 10.1. The largest absolute Gasteiger partial charge is 0.192 e. The quantitative estimate of drug-likeness (QED) is 0.283. The lowest BCUT2D eigenvalue weighted by Gasteiger charge is -2.47. The van der Waals surface area contributed by atoms with Crippen molar-refractivity contribution in [3.63, 3.8) is 0 Å². The fraction of sp³-hybridized carbons (Fsp3) is 0.500. The summed E-state index contributed by atoms with van der Waals surface area (Å²) in [6, 6.07) is 0. The molecule has 0 spiro atoms. The Balaban J connectivity index is 3.90. The standard InChI is InChI=1S/C8Cl12/c9-1-2(10)4(12)6(15,16)8(19,20)7(17,18)5(13,14)3(1)11/b3-1-,4-2-. The Morgan fingerprint density at radius 2 is 0.650 bits per heavy atom. The molecule has 0 aromatic heterocycles. The Bertz CT molecular complexity index is 450. The van der Waals surface area contributed by atoms with Crippen molar-refractivity contribution in [1.29, 1.82) is 0 Å². The molecule has 0 aliphatic heterocycles. The molecule has 0 fully saturated rings. The van der Waals surface area contributed by atoms with E-state index in [2.05, 4.69) is 0 Å². The topological polar surface area (TPSA) is 0 Å². The Morgan fingerprint density at radius 3 is 0.850 bits per heavy atom. The molecule has 0 N–H and O–H groups in total. The van der Waals surface area contributed by atoms with Crippen molar-refractivity contribution < 1.29 is 0 Å². The first kappa shape index (κ1) is 21.0. The molecule has 0 bridgehead atoms. The van der Waals surface area contributed by atoms with Gasteiger partial charge in [-0.25, -0.2) is 0 Å². The second-order valence-corrected chi connectivity index (χ2v) is 10.4. The zero-order valence-corrected chi connectivity index (χ0v) is 17.6. The van der Waals surface area contributed by atoms with Crippen molar-refractivity contribution in [1.82, 2.24) is 0 Å². The van der Waals surface area contributed by atoms with E-state index in [0.717, 1.165) is 0 Å². The summed E-state index contributed by atoms with van der Waals surface area (Å²) < 4.78 is -9.40. The smallest absolute Gasteiger partial charge is 0.0943 e. The SMILES string of the molecule is ClC1=C(\Cl)C(Cl)(Cl)C(Cl)(Cl)C(Cl)(Cl)C(Cl)(Cl)/C(Cl)=C\1Cl. The molecule has 0 saturated heterocycles. The van der Waals surface area contributed by atoms with Crippen LogP contribution in [0.1, 0.15) is 0 Å². The molecular formula is C8Cl12. The molecule has 0 atom stereocenters. The van der Waals surface area contributed by atoms with E-state index in [4.69, 9.17) is 139 Å². The van der Waals surface area contributed by atoms with Crippen LogP contribution in [0.3, 0.4) is 0 Å². The van der Waals surface area contributed by atoms with E-state index in [1.165, 1.54) is 0 Å². The van der Waals surface area contributed by atoms with Gasteiger partial charge in [-0.3, -0.25) is 0 Å². The van der Waals surface area contributed by atoms with Gasteiger partial charge in [0, 0.05) is 0 Å². The van der Waals surface area contributed by atoms with Crippen LogP contribution < -0.4 is 0 Å². The summed E-state index contributed by atoms with van der Waals surface area (Å²) in [6.07, 6.45) is 0. The van der Waals surface area contributed by atoms with E-state index in [1.807, 2.05) is 0 Å². The molecule has 0 unspecified atom stereocenters. The van der Waals surface area contributed by atoms with Crippen LogP contribution in [0.25, 0.3) is 0 Å². The van der Waals surface area contributed by atoms with Crippen LogP contribution >= 0.6 is 139 Å². The van der Waals surface area contributed by atoms with Crippen LogP contribution in [0.4, 0.5) is 0 Å². The van der Waals surface area contributed by atoms with Gasteiger partial charge in [0.25, 0.3) is 0 Å². The first-order valence-corrected chi connectivity index (χ1v) is 8.80. The molecule has 1 rings (SSSR count). The van der Waals surface area contributed by atoms with Crippen LogP contribution in [0.2, 0.25) is 0 Å². The van der Waals surface area contributed by atoms with Gasteiger partial charge in [0.15, 0.2) is 17.3 Å². The van der Waals surface area contributed by atoms with E-state index in [0.29, 0.717) is 0 Å². The van der Waals surface area contributed by atoms with Crippen LogP contribution in [-0.4, -0.2) is 17.3 Å². The highest BCUT2D eigenvalue weighted by Crippen LogP contribution is 2.67.